The molecule has 1 aromatic rings. The zero-order valence-electron chi connectivity index (χ0n) is 7.24. The van der Waals surface area contributed by atoms with E-state index in [0.29, 0.717) is 6.54 Å². The van der Waals surface area contributed by atoms with E-state index in [1.165, 1.54) is 5.56 Å². The summed E-state index contributed by atoms with van der Waals surface area (Å²) in [7, 11) is 0. The molecule has 1 aromatic carbocycles. The van der Waals surface area contributed by atoms with Crippen LogP contribution in [0.2, 0.25) is 0 Å². The number of alkyl halides is 1. The lowest BCUT2D eigenvalue weighted by molar-refractivity contribution is 0.158. The minimum Gasteiger partial charge on any atom is -0.308 e. The molecule has 0 unspecified atom stereocenters. The smallest absolute Gasteiger partial charge is 0.128 e. The number of benzene rings is 1. The summed E-state index contributed by atoms with van der Waals surface area (Å²) in [5.74, 6) is 0. The van der Waals surface area contributed by atoms with Gasteiger partial charge in [-0.25, -0.2) is 4.39 Å². The first-order chi connectivity index (χ1) is 5.86. The van der Waals surface area contributed by atoms with Crippen molar-refractivity contribution in [2.24, 2.45) is 0 Å². The fraction of sp³-hybridized carbons (Fsp3) is 0.400. The first-order valence-electron chi connectivity index (χ1n) is 4.27. The fourth-order valence-electron chi connectivity index (χ4n) is 1.44. The number of hydrogen-bond acceptors (Lipinski definition) is 1. The maximum absolute atomic E-state index is 12.8. The molecule has 1 heterocycles. The van der Waals surface area contributed by atoms with Gasteiger partial charge in [-0.15, -0.1) is 12.4 Å². The van der Waals surface area contributed by atoms with Crippen molar-refractivity contribution >= 4 is 12.4 Å². The Kier molecular flexibility index (Phi) is 3.70. The quantitative estimate of drug-likeness (QED) is 0.772. The maximum Gasteiger partial charge on any atom is 0.128 e. The van der Waals surface area contributed by atoms with Gasteiger partial charge in [-0.2, -0.15) is 0 Å². The molecule has 0 radical (unpaired) electrons. The molecule has 1 N–H and O–H groups in total. The van der Waals surface area contributed by atoms with Gasteiger partial charge in [0.25, 0.3) is 0 Å². The van der Waals surface area contributed by atoms with Gasteiger partial charge >= 0.3 is 0 Å². The largest absolute Gasteiger partial charge is 0.308 e. The van der Waals surface area contributed by atoms with Crippen molar-refractivity contribution in [3.05, 3.63) is 35.9 Å². The van der Waals surface area contributed by atoms with Gasteiger partial charge in [0.05, 0.1) is 0 Å². The highest BCUT2D eigenvalue weighted by molar-refractivity contribution is 5.85. The minimum absolute atomic E-state index is 0. The molecule has 72 valence electrons. The van der Waals surface area contributed by atoms with Crippen LogP contribution in [-0.4, -0.2) is 18.8 Å². The van der Waals surface area contributed by atoms with Crippen molar-refractivity contribution in [1.82, 2.24) is 5.32 Å². The molecule has 0 amide bonds. The molecule has 0 aromatic heterocycles. The highest BCUT2D eigenvalue weighted by atomic mass is 35.5. The number of nitrogens with one attached hydrogen (secondary N) is 1. The molecule has 3 heteroatoms. The van der Waals surface area contributed by atoms with Crippen LogP contribution in [0.25, 0.3) is 0 Å². The molecular formula is C10H13ClFN. The molecule has 0 spiro atoms. The van der Waals surface area contributed by atoms with Crippen LogP contribution in [0.1, 0.15) is 5.56 Å². The van der Waals surface area contributed by atoms with Gasteiger partial charge in [-0.1, -0.05) is 30.3 Å². The van der Waals surface area contributed by atoms with E-state index in [2.05, 4.69) is 5.32 Å². The standard InChI is InChI=1S/C10H12FN.ClH/c11-9-7-12-10(9)6-8-4-2-1-3-5-8;/h1-5,9-10,12H,6-7H2;1H/t9-,10-;/m0./s1. The van der Waals surface area contributed by atoms with Crippen LogP contribution in [-0.2, 0) is 6.42 Å². The Bertz CT molecular complexity index is 252. The summed E-state index contributed by atoms with van der Waals surface area (Å²) >= 11 is 0. The summed E-state index contributed by atoms with van der Waals surface area (Å²) in [4.78, 5) is 0. The van der Waals surface area contributed by atoms with E-state index in [9.17, 15) is 4.39 Å². The third kappa shape index (κ3) is 2.42. The van der Waals surface area contributed by atoms with Gasteiger partial charge in [0.15, 0.2) is 0 Å². The Morgan fingerprint density at radius 3 is 2.46 bits per heavy atom. The molecule has 1 fully saturated rings. The summed E-state index contributed by atoms with van der Waals surface area (Å²) in [5.41, 5.74) is 1.21. The van der Waals surface area contributed by atoms with Crippen molar-refractivity contribution < 1.29 is 4.39 Å². The van der Waals surface area contributed by atoms with Gasteiger partial charge in [0.2, 0.25) is 0 Å². The molecule has 1 aliphatic rings. The van der Waals surface area contributed by atoms with Crippen LogP contribution in [0.4, 0.5) is 4.39 Å². The predicted molar refractivity (Wildman–Crippen MR) is 54.1 cm³/mol. The van der Waals surface area contributed by atoms with Crippen molar-refractivity contribution in [2.75, 3.05) is 6.54 Å². The molecule has 13 heavy (non-hydrogen) atoms. The van der Waals surface area contributed by atoms with E-state index < -0.39 is 6.17 Å². The first-order valence-corrected chi connectivity index (χ1v) is 4.27. The second-order valence-electron chi connectivity index (χ2n) is 3.22. The van der Waals surface area contributed by atoms with Gasteiger partial charge < -0.3 is 5.32 Å². The Balaban J connectivity index is 0.000000845. The molecule has 2 rings (SSSR count). The van der Waals surface area contributed by atoms with Crippen molar-refractivity contribution in [1.29, 1.82) is 0 Å². The van der Waals surface area contributed by atoms with E-state index in [4.69, 9.17) is 0 Å². The third-order valence-electron chi connectivity index (χ3n) is 2.31. The van der Waals surface area contributed by atoms with E-state index in [1.54, 1.807) is 0 Å². The first kappa shape index (κ1) is 10.5. The van der Waals surface area contributed by atoms with Crippen LogP contribution in [0.15, 0.2) is 30.3 Å². The summed E-state index contributed by atoms with van der Waals surface area (Å²) in [5, 5.41) is 3.07. The zero-order valence-corrected chi connectivity index (χ0v) is 8.06. The monoisotopic (exact) mass is 201 g/mol. The van der Waals surface area contributed by atoms with Crippen LogP contribution >= 0.6 is 12.4 Å². The number of rotatable bonds is 2. The molecular weight excluding hydrogens is 189 g/mol. The second-order valence-corrected chi connectivity index (χ2v) is 3.22. The molecule has 1 saturated heterocycles. The lowest BCUT2D eigenvalue weighted by Gasteiger charge is -2.32. The van der Waals surface area contributed by atoms with Gasteiger partial charge in [-0.05, 0) is 12.0 Å². The summed E-state index contributed by atoms with van der Waals surface area (Å²) in [6.07, 6.45) is 0.160. The lowest BCUT2D eigenvalue weighted by Crippen LogP contribution is -2.55. The van der Waals surface area contributed by atoms with E-state index >= 15 is 0 Å². The minimum atomic E-state index is -0.648. The van der Waals surface area contributed by atoms with Crippen LogP contribution in [0.3, 0.4) is 0 Å². The van der Waals surface area contributed by atoms with Gasteiger partial charge in [0.1, 0.15) is 6.17 Å². The van der Waals surface area contributed by atoms with Crippen molar-refractivity contribution in [2.45, 2.75) is 18.6 Å². The number of halogens is 2. The summed E-state index contributed by atoms with van der Waals surface area (Å²) in [6.45, 7) is 0.525. The van der Waals surface area contributed by atoms with Crippen LogP contribution in [0, 0.1) is 0 Å². The van der Waals surface area contributed by atoms with E-state index in [-0.39, 0.29) is 18.4 Å². The predicted octanol–water partition coefficient (Wildman–Crippen LogP) is 1.96. The summed E-state index contributed by atoms with van der Waals surface area (Å²) < 4.78 is 12.8. The molecule has 1 aliphatic heterocycles. The molecule has 0 aliphatic carbocycles. The Morgan fingerprint density at radius 1 is 1.31 bits per heavy atom. The Hall–Kier alpha value is -0.600. The molecule has 0 bridgehead atoms. The van der Waals surface area contributed by atoms with Gasteiger partial charge in [-0.3, -0.25) is 0 Å². The van der Waals surface area contributed by atoms with Gasteiger partial charge in [0, 0.05) is 12.6 Å². The molecule has 0 saturated carbocycles. The Labute approximate surface area is 83.8 Å². The van der Waals surface area contributed by atoms with Crippen LogP contribution < -0.4 is 5.32 Å². The average molecular weight is 202 g/mol. The molecule has 1 nitrogen and oxygen atoms in total. The van der Waals surface area contributed by atoms with Crippen molar-refractivity contribution in [3.63, 3.8) is 0 Å². The zero-order chi connectivity index (χ0) is 8.39. The normalized spacial score (nSPS) is 25.9. The molecule has 2 atom stereocenters. The third-order valence-corrected chi connectivity index (χ3v) is 2.31. The van der Waals surface area contributed by atoms with Crippen molar-refractivity contribution in [3.8, 4) is 0 Å². The average Bonchev–Trinajstić information content (AvgIpc) is 2.14. The maximum atomic E-state index is 12.8. The SMILES string of the molecule is Cl.F[C@H]1CN[C@H]1Cc1ccccc1. The van der Waals surface area contributed by atoms with E-state index in [0.717, 1.165) is 6.42 Å². The topological polar surface area (TPSA) is 12.0 Å². The van der Waals surface area contributed by atoms with E-state index in [1.807, 2.05) is 30.3 Å². The van der Waals surface area contributed by atoms with Crippen LogP contribution in [0.5, 0.6) is 0 Å². The second kappa shape index (κ2) is 4.58. The Morgan fingerprint density at radius 2 is 2.00 bits per heavy atom. The highest BCUT2D eigenvalue weighted by Gasteiger charge is 2.29. The summed E-state index contributed by atoms with van der Waals surface area (Å²) in [6, 6.07) is 10.1. The number of hydrogen-bond donors (Lipinski definition) is 1. The lowest BCUT2D eigenvalue weighted by atomic mass is 9.97. The highest BCUT2D eigenvalue weighted by Crippen LogP contribution is 2.13. The fourth-order valence-corrected chi connectivity index (χ4v) is 1.44.